The normalized spacial score (nSPS) is 15.3. The number of amides is 2. The number of hydrogen-bond acceptors (Lipinski definition) is 4. The second-order valence-corrected chi connectivity index (χ2v) is 7.09. The monoisotopic (exact) mass is 400 g/mol. The number of nitrogens with one attached hydrogen (secondary N) is 1. The van der Waals surface area contributed by atoms with Crippen molar-refractivity contribution in [1.29, 1.82) is 0 Å². The molecule has 1 N–H and O–H groups in total. The van der Waals surface area contributed by atoms with Crippen LogP contribution < -0.4 is 14.8 Å². The summed E-state index contributed by atoms with van der Waals surface area (Å²) in [5.74, 6) is -0.105. The number of ether oxygens (including phenoxy) is 2. The second kappa shape index (κ2) is 8.94. The fraction of sp³-hybridized carbons (Fsp3) is 0.364. The van der Waals surface area contributed by atoms with Crippen molar-refractivity contribution in [3.8, 4) is 11.5 Å². The average molecular weight is 400 g/mol. The van der Waals surface area contributed by atoms with Crippen molar-refractivity contribution in [2.24, 2.45) is 0 Å². The van der Waals surface area contributed by atoms with Crippen LogP contribution in [0.3, 0.4) is 0 Å². The summed E-state index contributed by atoms with van der Waals surface area (Å²) >= 11 is 0. The molecule has 29 heavy (non-hydrogen) atoms. The van der Waals surface area contributed by atoms with Gasteiger partial charge in [-0.05, 0) is 48.2 Å². The maximum atomic E-state index is 13.5. The Morgan fingerprint density at radius 1 is 1.17 bits per heavy atom. The predicted molar refractivity (Wildman–Crippen MR) is 108 cm³/mol. The molecule has 7 heteroatoms. The highest BCUT2D eigenvalue weighted by Gasteiger charge is 2.32. The Morgan fingerprint density at radius 3 is 2.66 bits per heavy atom. The van der Waals surface area contributed by atoms with E-state index in [-0.39, 0.29) is 18.2 Å². The molecule has 2 aromatic rings. The zero-order valence-corrected chi connectivity index (χ0v) is 16.8. The number of likely N-dealkylation sites (N-methyl/N-ethyl adjacent to an activating group) is 1. The van der Waals surface area contributed by atoms with Crippen LogP contribution in [0.2, 0.25) is 0 Å². The third kappa shape index (κ3) is 4.67. The fourth-order valence-corrected chi connectivity index (χ4v) is 3.59. The van der Waals surface area contributed by atoms with E-state index in [0.717, 1.165) is 18.4 Å². The number of carbonyl (C=O) groups is 2. The smallest absolute Gasteiger partial charge is 0.230 e. The fourth-order valence-electron chi connectivity index (χ4n) is 3.59. The van der Waals surface area contributed by atoms with Crippen molar-refractivity contribution < 1.29 is 23.5 Å². The quantitative estimate of drug-likeness (QED) is 0.774. The van der Waals surface area contributed by atoms with E-state index in [1.54, 1.807) is 32.2 Å². The molecule has 6 nitrogen and oxygen atoms in total. The molecule has 0 saturated carbocycles. The maximum Gasteiger partial charge on any atom is 0.230 e. The highest BCUT2D eigenvalue weighted by molar-refractivity contribution is 6.01. The van der Waals surface area contributed by atoms with E-state index in [0.29, 0.717) is 29.3 Å². The van der Waals surface area contributed by atoms with Gasteiger partial charge in [-0.25, -0.2) is 4.39 Å². The van der Waals surface area contributed by atoms with Crippen molar-refractivity contribution in [2.75, 3.05) is 33.1 Å². The Balaban J connectivity index is 1.62. The van der Waals surface area contributed by atoms with Gasteiger partial charge in [0.15, 0.2) is 11.5 Å². The molecule has 0 fully saturated rings. The number of halogens is 1. The van der Waals surface area contributed by atoms with Crippen LogP contribution in [0.5, 0.6) is 11.5 Å². The Morgan fingerprint density at radius 2 is 1.93 bits per heavy atom. The third-order valence-corrected chi connectivity index (χ3v) is 5.14. The minimum absolute atomic E-state index is 0.0669. The van der Waals surface area contributed by atoms with Crippen LogP contribution in [-0.2, 0) is 16.0 Å². The van der Waals surface area contributed by atoms with Crippen LogP contribution in [0, 0.1) is 5.82 Å². The molecule has 0 radical (unpaired) electrons. The van der Waals surface area contributed by atoms with Crippen molar-refractivity contribution in [1.82, 2.24) is 4.90 Å². The third-order valence-electron chi connectivity index (χ3n) is 5.14. The van der Waals surface area contributed by atoms with Gasteiger partial charge in [-0.1, -0.05) is 12.1 Å². The van der Waals surface area contributed by atoms with Gasteiger partial charge in [-0.15, -0.1) is 0 Å². The van der Waals surface area contributed by atoms with E-state index in [9.17, 15) is 14.0 Å². The van der Waals surface area contributed by atoms with Crippen LogP contribution in [0.1, 0.15) is 29.9 Å². The van der Waals surface area contributed by atoms with Crippen LogP contribution >= 0.6 is 0 Å². The molecule has 154 valence electrons. The van der Waals surface area contributed by atoms with E-state index >= 15 is 0 Å². The first kappa shape index (κ1) is 20.6. The van der Waals surface area contributed by atoms with Crippen molar-refractivity contribution in [3.63, 3.8) is 0 Å². The minimum atomic E-state index is -0.592. The first-order valence-electron chi connectivity index (χ1n) is 9.48. The van der Waals surface area contributed by atoms with Gasteiger partial charge >= 0.3 is 0 Å². The van der Waals surface area contributed by atoms with E-state index in [2.05, 4.69) is 5.32 Å². The summed E-state index contributed by atoms with van der Waals surface area (Å²) in [6.07, 6.45) is 1.59. The number of aryl methyl sites for hydroxylation is 1. The molecule has 1 atom stereocenters. The van der Waals surface area contributed by atoms with Crippen molar-refractivity contribution >= 4 is 17.5 Å². The largest absolute Gasteiger partial charge is 0.493 e. The number of benzene rings is 2. The van der Waals surface area contributed by atoms with Crippen molar-refractivity contribution in [3.05, 3.63) is 53.3 Å². The number of carbonyl (C=O) groups excluding carboxylic acids is 2. The number of methoxy groups -OCH3 is 2. The van der Waals surface area contributed by atoms with Crippen LogP contribution in [0.15, 0.2) is 36.4 Å². The SMILES string of the molecule is COc1ccc(CCCN(C)C(=O)C2CC(=O)Nc3cc(F)ccc32)cc1OC. The van der Waals surface area contributed by atoms with Crippen LogP contribution in [-0.4, -0.2) is 44.5 Å². The molecule has 0 aromatic heterocycles. The van der Waals surface area contributed by atoms with E-state index in [4.69, 9.17) is 9.47 Å². The highest BCUT2D eigenvalue weighted by atomic mass is 19.1. The van der Waals surface area contributed by atoms with Gasteiger partial charge in [0.25, 0.3) is 0 Å². The molecule has 0 bridgehead atoms. The van der Waals surface area contributed by atoms with Gasteiger partial charge in [0.1, 0.15) is 5.82 Å². The molecular formula is C22H25FN2O4. The molecule has 1 heterocycles. The summed E-state index contributed by atoms with van der Waals surface area (Å²) in [6.45, 7) is 0.543. The van der Waals surface area contributed by atoms with Gasteiger partial charge in [0.05, 0.1) is 20.1 Å². The molecule has 0 spiro atoms. The topological polar surface area (TPSA) is 67.9 Å². The maximum absolute atomic E-state index is 13.5. The highest BCUT2D eigenvalue weighted by Crippen LogP contribution is 2.34. The summed E-state index contributed by atoms with van der Waals surface area (Å²) in [6, 6.07) is 9.90. The zero-order chi connectivity index (χ0) is 21.0. The van der Waals surface area contributed by atoms with Gasteiger partial charge in [-0.3, -0.25) is 9.59 Å². The number of rotatable bonds is 7. The van der Waals surface area contributed by atoms with E-state index in [1.807, 2.05) is 18.2 Å². The van der Waals surface area contributed by atoms with E-state index < -0.39 is 11.7 Å². The Hall–Kier alpha value is -3.09. The second-order valence-electron chi connectivity index (χ2n) is 7.09. The molecule has 1 aliphatic heterocycles. The Bertz CT molecular complexity index is 916. The summed E-state index contributed by atoms with van der Waals surface area (Å²) in [4.78, 5) is 26.5. The van der Waals surface area contributed by atoms with E-state index in [1.165, 1.54) is 12.1 Å². The number of fused-ring (bicyclic) bond motifs is 1. The number of nitrogens with zero attached hydrogens (tertiary/aromatic N) is 1. The Kier molecular flexibility index (Phi) is 6.36. The summed E-state index contributed by atoms with van der Waals surface area (Å²) in [5.41, 5.74) is 2.11. The van der Waals surface area contributed by atoms with Crippen LogP contribution in [0.4, 0.5) is 10.1 Å². The van der Waals surface area contributed by atoms with Gasteiger partial charge in [-0.2, -0.15) is 0 Å². The predicted octanol–water partition coefficient (Wildman–Crippen LogP) is 3.36. The molecule has 1 unspecified atom stereocenters. The van der Waals surface area contributed by atoms with Gasteiger partial charge in [0.2, 0.25) is 11.8 Å². The summed E-state index contributed by atoms with van der Waals surface area (Å²) in [5, 5.41) is 2.64. The summed E-state index contributed by atoms with van der Waals surface area (Å²) in [7, 11) is 4.92. The average Bonchev–Trinajstić information content (AvgIpc) is 2.71. The molecule has 3 rings (SSSR count). The first-order chi connectivity index (χ1) is 13.9. The lowest BCUT2D eigenvalue weighted by Crippen LogP contribution is -2.37. The Labute approximate surface area is 169 Å². The number of hydrogen-bond donors (Lipinski definition) is 1. The summed E-state index contributed by atoms with van der Waals surface area (Å²) < 4.78 is 24.0. The minimum Gasteiger partial charge on any atom is -0.493 e. The molecule has 0 saturated heterocycles. The lowest BCUT2D eigenvalue weighted by atomic mass is 9.89. The zero-order valence-electron chi connectivity index (χ0n) is 16.8. The lowest BCUT2D eigenvalue weighted by Gasteiger charge is -2.28. The molecule has 2 aromatic carbocycles. The van der Waals surface area contributed by atoms with Crippen LogP contribution in [0.25, 0.3) is 0 Å². The molecule has 2 amide bonds. The lowest BCUT2D eigenvalue weighted by molar-refractivity contribution is -0.133. The first-order valence-corrected chi connectivity index (χ1v) is 9.48. The van der Waals surface area contributed by atoms with Gasteiger partial charge in [0, 0.05) is 25.7 Å². The molecule has 1 aliphatic rings. The standard InChI is InChI=1S/C22H25FN2O4/c1-25(10-4-5-14-6-9-19(28-2)20(11-14)29-3)22(27)17-13-21(26)24-18-12-15(23)7-8-16(17)18/h6-9,11-12,17H,4-5,10,13H2,1-3H3,(H,24,26). The van der Waals surface area contributed by atoms with Gasteiger partial charge < -0.3 is 19.7 Å². The molecule has 0 aliphatic carbocycles. The number of anilines is 1. The van der Waals surface area contributed by atoms with Crippen molar-refractivity contribution in [2.45, 2.75) is 25.2 Å². The molecular weight excluding hydrogens is 375 g/mol.